The molecule has 1 N–H and O–H groups in total. The lowest BCUT2D eigenvalue weighted by Crippen LogP contribution is -1.86. The molecular formula is C17H15NO. The Balaban J connectivity index is 2.06. The highest BCUT2D eigenvalue weighted by molar-refractivity contribution is 6.08. The summed E-state index contributed by atoms with van der Waals surface area (Å²) in [6.07, 6.45) is 7.36. The first-order chi connectivity index (χ1) is 9.38. The zero-order valence-electron chi connectivity index (χ0n) is 10.5. The van der Waals surface area contributed by atoms with Crippen molar-refractivity contribution in [3.63, 3.8) is 0 Å². The Kier molecular flexibility index (Phi) is 4.71. The highest BCUT2D eigenvalue weighted by Gasteiger charge is 1.90. The summed E-state index contributed by atoms with van der Waals surface area (Å²) in [5, 5.41) is 12.2. The minimum Gasteiger partial charge on any atom is -0.410 e. The predicted molar refractivity (Wildman–Crippen MR) is 80.2 cm³/mol. The summed E-state index contributed by atoms with van der Waals surface area (Å²) in [7, 11) is 0. The Hall–Kier alpha value is -2.61. The van der Waals surface area contributed by atoms with E-state index in [2.05, 4.69) is 5.16 Å². The minimum atomic E-state index is 0.507. The summed E-state index contributed by atoms with van der Waals surface area (Å²) in [5.74, 6) is 0. The molecule has 0 aromatic heterocycles. The van der Waals surface area contributed by atoms with E-state index in [4.69, 9.17) is 5.21 Å². The van der Waals surface area contributed by atoms with Crippen LogP contribution in [-0.2, 0) is 0 Å². The van der Waals surface area contributed by atoms with E-state index >= 15 is 0 Å². The van der Waals surface area contributed by atoms with Crippen molar-refractivity contribution in [1.29, 1.82) is 0 Å². The molecule has 94 valence electrons. The number of rotatable bonds is 4. The van der Waals surface area contributed by atoms with E-state index in [1.807, 2.05) is 72.8 Å². The third-order valence-electron chi connectivity index (χ3n) is 2.61. The van der Waals surface area contributed by atoms with Gasteiger partial charge in [-0.15, -0.1) is 0 Å². The fourth-order valence-electron chi connectivity index (χ4n) is 1.61. The molecule has 0 amide bonds. The van der Waals surface area contributed by atoms with E-state index < -0.39 is 0 Å². The number of allylic oxidation sites excluding steroid dienone is 2. The maximum atomic E-state index is 8.97. The first kappa shape index (κ1) is 12.8. The molecule has 2 nitrogen and oxygen atoms in total. The lowest BCUT2D eigenvalue weighted by molar-refractivity contribution is 0.320. The second-order valence-corrected chi connectivity index (χ2v) is 4.01. The number of nitrogens with zero attached hydrogens (tertiary/aromatic N) is 1. The van der Waals surface area contributed by atoms with Gasteiger partial charge in [-0.2, -0.15) is 0 Å². The highest BCUT2D eigenvalue weighted by atomic mass is 16.4. The van der Waals surface area contributed by atoms with Crippen molar-refractivity contribution in [3.05, 3.63) is 83.9 Å². The molecule has 0 spiro atoms. The molecule has 0 aliphatic carbocycles. The van der Waals surface area contributed by atoms with Gasteiger partial charge < -0.3 is 5.21 Å². The molecule has 0 aliphatic rings. The van der Waals surface area contributed by atoms with Gasteiger partial charge in [0.25, 0.3) is 0 Å². The molecule has 2 heteroatoms. The standard InChI is InChI=1S/C17H15NO/c19-18-17(13-11-15-7-3-1-4-8-15)14-12-16-9-5-2-6-10-16/h1-14,19H/b13-11+,14-12+. The van der Waals surface area contributed by atoms with Gasteiger partial charge in [-0.1, -0.05) is 78.0 Å². The molecule has 0 fully saturated rings. The molecule has 0 aliphatic heterocycles. The maximum absolute atomic E-state index is 8.97. The SMILES string of the molecule is ON=C(/C=C/c1ccccc1)/C=C/c1ccccc1. The van der Waals surface area contributed by atoms with Gasteiger partial charge in [-0.25, -0.2) is 0 Å². The Morgan fingerprint density at radius 3 is 1.53 bits per heavy atom. The van der Waals surface area contributed by atoms with E-state index in [0.29, 0.717) is 5.71 Å². The first-order valence-electron chi connectivity index (χ1n) is 6.07. The summed E-state index contributed by atoms with van der Waals surface area (Å²) in [6.45, 7) is 0. The van der Waals surface area contributed by atoms with Crippen LogP contribution < -0.4 is 0 Å². The highest BCUT2D eigenvalue weighted by Crippen LogP contribution is 2.04. The van der Waals surface area contributed by atoms with Crippen molar-refractivity contribution >= 4 is 17.9 Å². The van der Waals surface area contributed by atoms with Gasteiger partial charge in [0.2, 0.25) is 0 Å². The molecule has 0 heterocycles. The van der Waals surface area contributed by atoms with Crippen LogP contribution in [0.4, 0.5) is 0 Å². The number of hydrogen-bond donors (Lipinski definition) is 1. The summed E-state index contributed by atoms with van der Waals surface area (Å²) in [6, 6.07) is 19.8. The molecule has 0 saturated carbocycles. The third-order valence-corrected chi connectivity index (χ3v) is 2.61. The van der Waals surface area contributed by atoms with Gasteiger partial charge in [-0.05, 0) is 23.3 Å². The second-order valence-electron chi connectivity index (χ2n) is 4.01. The van der Waals surface area contributed by atoms with Gasteiger partial charge in [0.15, 0.2) is 0 Å². The summed E-state index contributed by atoms with van der Waals surface area (Å²) >= 11 is 0. The van der Waals surface area contributed by atoms with Crippen molar-refractivity contribution in [3.8, 4) is 0 Å². The fourth-order valence-corrected chi connectivity index (χ4v) is 1.61. The van der Waals surface area contributed by atoms with E-state index in [1.54, 1.807) is 12.2 Å². The molecule has 2 aromatic carbocycles. The van der Waals surface area contributed by atoms with E-state index in [9.17, 15) is 0 Å². The zero-order chi connectivity index (χ0) is 13.3. The lowest BCUT2D eigenvalue weighted by atomic mass is 10.1. The average Bonchev–Trinajstić information content (AvgIpc) is 2.49. The van der Waals surface area contributed by atoms with Gasteiger partial charge in [0.05, 0.1) is 0 Å². The van der Waals surface area contributed by atoms with Crippen molar-refractivity contribution in [2.75, 3.05) is 0 Å². The predicted octanol–water partition coefficient (Wildman–Crippen LogP) is 4.24. The van der Waals surface area contributed by atoms with E-state index in [1.165, 1.54) is 0 Å². The molecule has 2 rings (SSSR count). The molecule has 0 atom stereocenters. The van der Waals surface area contributed by atoms with Crippen molar-refractivity contribution in [1.82, 2.24) is 0 Å². The van der Waals surface area contributed by atoms with Crippen LogP contribution in [-0.4, -0.2) is 10.9 Å². The van der Waals surface area contributed by atoms with Crippen LogP contribution in [0.15, 0.2) is 78.0 Å². The summed E-state index contributed by atoms with van der Waals surface area (Å²) in [4.78, 5) is 0. The molecular weight excluding hydrogens is 234 g/mol. The normalized spacial score (nSPS) is 10.9. The van der Waals surface area contributed by atoms with Crippen LogP contribution in [0.25, 0.3) is 12.2 Å². The molecule has 2 aromatic rings. The quantitative estimate of drug-likeness (QED) is 0.490. The number of hydrogen-bond acceptors (Lipinski definition) is 2. The maximum Gasteiger partial charge on any atom is 0.102 e. The van der Waals surface area contributed by atoms with Crippen LogP contribution in [0, 0.1) is 0 Å². The van der Waals surface area contributed by atoms with Crippen molar-refractivity contribution in [2.24, 2.45) is 5.16 Å². The first-order valence-corrected chi connectivity index (χ1v) is 6.07. The fraction of sp³-hybridized carbons (Fsp3) is 0. The van der Waals surface area contributed by atoms with Crippen molar-refractivity contribution < 1.29 is 5.21 Å². The number of oxime groups is 1. The third kappa shape index (κ3) is 4.28. The Morgan fingerprint density at radius 1 is 0.737 bits per heavy atom. The Bertz CT molecular complexity index is 532. The van der Waals surface area contributed by atoms with E-state index in [0.717, 1.165) is 11.1 Å². The zero-order valence-corrected chi connectivity index (χ0v) is 10.5. The summed E-state index contributed by atoms with van der Waals surface area (Å²) in [5.41, 5.74) is 2.64. The second kappa shape index (κ2) is 6.97. The van der Waals surface area contributed by atoms with Crippen LogP contribution in [0.3, 0.4) is 0 Å². The summed E-state index contributed by atoms with van der Waals surface area (Å²) < 4.78 is 0. The lowest BCUT2D eigenvalue weighted by Gasteiger charge is -1.93. The molecule has 0 saturated heterocycles. The topological polar surface area (TPSA) is 32.6 Å². The van der Waals surface area contributed by atoms with Gasteiger partial charge in [0, 0.05) is 0 Å². The smallest absolute Gasteiger partial charge is 0.102 e. The van der Waals surface area contributed by atoms with Crippen LogP contribution in [0.1, 0.15) is 11.1 Å². The van der Waals surface area contributed by atoms with Crippen molar-refractivity contribution in [2.45, 2.75) is 0 Å². The monoisotopic (exact) mass is 249 g/mol. The van der Waals surface area contributed by atoms with Crippen LogP contribution >= 0.6 is 0 Å². The molecule has 0 bridgehead atoms. The van der Waals surface area contributed by atoms with Crippen LogP contribution in [0.2, 0.25) is 0 Å². The average molecular weight is 249 g/mol. The molecule has 19 heavy (non-hydrogen) atoms. The van der Waals surface area contributed by atoms with Gasteiger partial charge in [-0.3, -0.25) is 0 Å². The van der Waals surface area contributed by atoms with Gasteiger partial charge in [0.1, 0.15) is 5.71 Å². The molecule has 0 radical (unpaired) electrons. The molecule has 0 unspecified atom stereocenters. The number of benzene rings is 2. The largest absolute Gasteiger partial charge is 0.410 e. The van der Waals surface area contributed by atoms with Gasteiger partial charge >= 0.3 is 0 Å². The minimum absolute atomic E-state index is 0.507. The Morgan fingerprint density at radius 2 is 1.16 bits per heavy atom. The van der Waals surface area contributed by atoms with E-state index in [-0.39, 0.29) is 0 Å². The van der Waals surface area contributed by atoms with Crippen LogP contribution in [0.5, 0.6) is 0 Å². The Labute approximate surface area is 113 Å².